The lowest BCUT2D eigenvalue weighted by Crippen LogP contribution is -2.30. The first-order valence-electron chi connectivity index (χ1n) is 28.0. The number of carbonyl (C=O) groups excluding carboxylic acids is 3. The molecule has 0 N–H and O–H groups in total. The molecule has 0 heterocycles. The zero-order valence-corrected chi connectivity index (χ0v) is 42.2. The van der Waals surface area contributed by atoms with E-state index >= 15 is 0 Å². The molecule has 0 aromatic heterocycles. The van der Waals surface area contributed by atoms with E-state index in [4.69, 9.17) is 14.2 Å². The first-order chi connectivity index (χ1) is 30.5. The Morgan fingerprint density at radius 2 is 0.435 bits per heavy atom. The Kier molecular flexibility index (Phi) is 50.7. The highest BCUT2D eigenvalue weighted by molar-refractivity contribution is 5.71. The van der Waals surface area contributed by atoms with Crippen molar-refractivity contribution < 1.29 is 28.6 Å². The van der Waals surface area contributed by atoms with Gasteiger partial charge in [-0.2, -0.15) is 0 Å². The standard InChI is InChI=1S/C56H108O6/c1-4-7-10-13-16-19-22-25-28-29-32-34-37-40-43-46-49-55(58)61-52-53(62-56(59)50-47-44-41-38-35-31-27-24-21-18-15-12-9-6-3)51-60-54(57)48-45-42-39-36-33-30-26-23-20-17-14-11-8-5-2/h53H,4-52H2,1-3H3/t53-/m1/s1. The van der Waals surface area contributed by atoms with Crippen molar-refractivity contribution in [3.05, 3.63) is 0 Å². The van der Waals surface area contributed by atoms with Gasteiger partial charge in [0.05, 0.1) is 0 Å². The maximum atomic E-state index is 12.8. The molecule has 0 saturated carbocycles. The molecule has 0 fully saturated rings. The van der Waals surface area contributed by atoms with E-state index in [-0.39, 0.29) is 31.1 Å². The van der Waals surface area contributed by atoms with Crippen molar-refractivity contribution in [2.24, 2.45) is 0 Å². The van der Waals surface area contributed by atoms with Crippen molar-refractivity contribution in [2.45, 2.75) is 329 Å². The zero-order valence-electron chi connectivity index (χ0n) is 42.2. The Morgan fingerprint density at radius 3 is 0.645 bits per heavy atom. The van der Waals surface area contributed by atoms with Crippen LogP contribution in [-0.4, -0.2) is 37.2 Å². The summed E-state index contributed by atoms with van der Waals surface area (Å²) < 4.78 is 16.9. The quantitative estimate of drug-likeness (QED) is 0.0344. The van der Waals surface area contributed by atoms with Crippen LogP contribution in [0.3, 0.4) is 0 Å². The van der Waals surface area contributed by atoms with E-state index in [9.17, 15) is 14.4 Å². The molecule has 0 aromatic rings. The van der Waals surface area contributed by atoms with Crippen LogP contribution in [0.2, 0.25) is 0 Å². The number of esters is 3. The van der Waals surface area contributed by atoms with E-state index in [1.54, 1.807) is 0 Å². The predicted octanol–water partition coefficient (Wildman–Crippen LogP) is 18.4. The molecule has 0 aliphatic heterocycles. The van der Waals surface area contributed by atoms with Crippen LogP contribution in [0.25, 0.3) is 0 Å². The molecule has 0 saturated heterocycles. The van der Waals surface area contributed by atoms with Gasteiger partial charge in [-0.3, -0.25) is 14.4 Å². The number of hydrogen-bond donors (Lipinski definition) is 0. The van der Waals surface area contributed by atoms with Gasteiger partial charge in [-0.05, 0) is 19.3 Å². The minimum Gasteiger partial charge on any atom is -0.462 e. The van der Waals surface area contributed by atoms with Gasteiger partial charge < -0.3 is 14.2 Å². The second-order valence-corrected chi connectivity index (χ2v) is 19.2. The third-order valence-electron chi connectivity index (χ3n) is 12.9. The van der Waals surface area contributed by atoms with E-state index in [0.717, 1.165) is 57.8 Å². The van der Waals surface area contributed by atoms with Gasteiger partial charge in [-0.25, -0.2) is 0 Å². The summed E-state index contributed by atoms with van der Waals surface area (Å²) >= 11 is 0. The highest BCUT2D eigenvalue weighted by Gasteiger charge is 2.19. The smallest absolute Gasteiger partial charge is 0.306 e. The van der Waals surface area contributed by atoms with Gasteiger partial charge in [0.25, 0.3) is 0 Å². The van der Waals surface area contributed by atoms with Crippen LogP contribution in [0, 0.1) is 0 Å². The lowest BCUT2D eigenvalue weighted by atomic mass is 10.0. The van der Waals surface area contributed by atoms with Crippen LogP contribution in [0.4, 0.5) is 0 Å². The Hall–Kier alpha value is -1.59. The molecular weight excluding hydrogens is 769 g/mol. The molecule has 6 heteroatoms. The van der Waals surface area contributed by atoms with Crippen molar-refractivity contribution in [1.82, 2.24) is 0 Å². The molecule has 0 aromatic carbocycles. The third-order valence-corrected chi connectivity index (χ3v) is 12.9. The van der Waals surface area contributed by atoms with Gasteiger partial charge in [0.2, 0.25) is 0 Å². The summed E-state index contributed by atoms with van der Waals surface area (Å²) in [6, 6.07) is 0. The molecule has 0 unspecified atom stereocenters. The molecule has 6 nitrogen and oxygen atoms in total. The molecule has 0 bridgehead atoms. The van der Waals surface area contributed by atoms with Gasteiger partial charge in [-0.1, -0.05) is 284 Å². The summed E-state index contributed by atoms with van der Waals surface area (Å²) in [5.74, 6) is -0.834. The number of unbranched alkanes of at least 4 members (excludes halogenated alkanes) is 41. The number of carbonyl (C=O) groups is 3. The molecule has 0 aliphatic carbocycles. The first kappa shape index (κ1) is 60.4. The zero-order chi connectivity index (χ0) is 45.1. The molecule has 62 heavy (non-hydrogen) atoms. The molecule has 0 amide bonds. The third kappa shape index (κ3) is 49.4. The fraction of sp³-hybridized carbons (Fsp3) is 0.946. The monoisotopic (exact) mass is 877 g/mol. The predicted molar refractivity (Wildman–Crippen MR) is 266 cm³/mol. The Morgan fingerprint density at radius 1 is 0.258 bits per heavy atom. The van der Waals surface area contributed by atoms with Crippen molar-refractivity contribution in [3.63, 3.8) is 0 Å². The van der Waals surface area contributed by atoms with E-state index in [0.29, 0.717) is 19.3 Å². The fourth-order valence-corrected chi connectivity index (χ4v) is 8.62. The van der Waals surface area contributed by atoms with Crippen LogP contribution in [0.15, 0.2) is 0 Å². The van der Waals surface area contributed by atoms with Gasteiger partial charge in [0.15, 0.2) is 6.10 Å². The maximum Gasteiger partial charge on any atom is 0.306 e. The van der Waals surface area contributed by atoms with Crippen molar-refractivity contribution in [1.29, 1.82) is 0 Å². The summed E-state index contributed by atoms with van der Waals surface area (Å²) in [6.45, 7) is 6.70. The van der Waals surface area contributed by atoms with E-state index in [1.807, 2.05) is 0 Å². The number of ether oxygens (including phenoxy) is 3. The summed E-state index contributed by atoms with van der Waals surface area (Å²) in [5, 5.41) is 0. The largest absolute Gasteiger partial charge is 0.462 e. The van der Waals surface area contributed by atoms with E-state index in [2.05, 4.69) is 20.8 Å². The minimum absolute atomic E-state index is 0.0612. The average molecular weight is 877 g/mol. The lowest BCUT2D eigenvalue weighted by Gasteiger charge is -2.18. The number of hydrogen-bond acceptors (Lipinski definition) is 6. The SMILES string of the molecule is CCCCCCCCCCCCCCCCCCC(=O)OC[C@@H](COC(=O)CCCCCCCCCCCCCCCC)OC(=O)CCCCCCCCCCCCCCCC. The minimum atomic E-state index is -0.760. The van der Waals surface area contributed by atoms with E-state index < -0.39 is 6.10 Å². The van der Waals surface area contributed by atoms with Crippen LogP contribution < -0.4 is 0 Å². The molecule has 0 aliphatic rings. The summed E-state index contributed by atoms with van der Waals surface area (Å²) in [4.78, 5) is 38.1. The van der Waals surface area contributed by atoms with Crippen molar-refractivity contribution in [3.8, 4) is 0 Å². The van der Waals surface area contributed by atoms with Crippen molar-refractivity contribution in [2.75, 3.05) is 13.2 Å². The lowest BCUT2D eigenvalue weighted by molar-refractivity contribution is -0.167. The van der Waals surface area contributed by atoms with Crippen LogP contribution >= 0.6 is 0 Å². The number of rotatable bonds is 52. The Balaban J connectivity index is 4.29. The average Bonchev–Trinajstić information content (AvgIpc) is 3.27. The van der Waals surface area contributed by atoms with E-state index in [1.165, 1.54) is 225 Å². The second kappa shape index (κ2) is 52.0. The molecule has 0 rings (SSSR count). The van der Waals surface area contributed by atoms with Crippen LogP contribution in [-0.2, 0) is 28.6 Å². The maximum absolute atomic E-state index is 12.8. The molecule has 0 radical (unpaired) electrons. The molecular formula is C56H108O6. The fourth-order valence-electron chi connectivity index (χ4n) is 8.62. The molecule has 368 valence electrons. The molecule has 0 spiro atoms. The summed E-state index contributed by atoms with van der Waals surface area (Å²) in [6.07, 6.45) is 56.5. The highest BCUT2D eigenvalue weighted by Crippen LogP contribution is 2.17. The Bertz CT molecular complexity index is 920. The van der Waals surface area contributed by atoms with Crippen LogP contribution in [0.1, 0.15) is 323 Å². The van der Waals surface area contributed by atoms with Gasteiger partial charge in [-0.15, -0.1) is 0 Å². The summed E-state index contributed by atoms with van der Waals surface area (Å²) in [7, 11) is 0. The topological polar surface area (TPSA) is 78.9 Å². The second-order valence-electron chi connectivity index (χ2n) is 19.2. The Labute approximate surface area is 387 Å². The van der Waals surface area contributed by atoms with Gasteiger partial charge >= 0.3 is 17.9 Å². The van der Waals surface area contributed by atoms with Crippen molar-refractivity contribution >= 4 is 17.9 Å². The van der Waals surface area contributed by atoms with Gasteiger partial charge in [0, 0.05) is 19.3 Å². The normalized spacial score (nSPS) is 11.9. The van der Waals surface area contributed by atoms with Crippen LogP contribution in [0.5, 0.6) is 0 Å². The summed E-state index contributed by atoms with van der Waals surface area (Å²) in [5.41, 5.74) is 0. The highest BCUT2D eigenvalue weighted by atomic mass is 16.6. The van der Waals surface area contributed by atoms with Gasteiger partial charge in [0.1, 0.15) is 13.2 Å². The molecule has 1 atom stereocenters. The first-order valence-corrected chi connectivity index (χ1v) is 28.0.